The van der Waals surface area contributed by atoms with Crippen LogP contribution in [0, 0.1) is 5.82 Å². The van der Waals surface area contributed by atoms with Crippen LogP contribution in [-0.4, -0.2) is 19.6 Å². The van der Waals surface area contributed by atoms with Crippen LogP contribution in [0.15, 0.2) is 71.2 Å². The molecule has 0 saturated carbocycles. The summed E-state index contributed by atoms with van der Waals surface area (Å²) >= 11 is 0. The van der Waals surface area contributed by atoms with E-state index in [0.717, 1.165) is 12.1 Å². The normalized spacial score (nSPS) is 12.4. The first-order valence-electron chi connectivity index (χ1n) is 8.98. The van der Waals surface area contributed by atoms with Crippen molar-refractivity contribution in [1.82, 2.24) is 24.9 Å². The maximum atomic E-state index is 13.1. The minimum Gasteiger partial charge on any atom is -0.379 e. The molecule has 0 aliphatic carbocycles. The van der Waals surface area contributed by atoms with E-state index in [1.807, 2.05) is 12.2 Å². The lowest BCUT2D eigenvalue weighted by Crippen LogP contribution is -2.19. The molecule has 3 rings (SSSR count). The molecule has 2 heterocycles. The Labute approximate surface area is 162 Å². The molecule has 0 saturated heterocycles. The minimum absolute atomic E-state index is 0.259. The second-order valence-corrected chi connectivity index (χ2v) is 6.35. The largest absolute Gasteiger partial charge is 0.379 e. The number of aromatic nitrogens is 4. The Morgan fingerprint density at radius 3 is 2.71 bits per heavy atom. The fourth-order valence-corrected chi connectivity index (χ4v) is 2.50. The van der Waals surface area contributed by atoms with Crippen LogP contribution in [-0.2, 0) is 6.54 Å². The quantitative estimate of drug-likeness (QED) is 0.613. The van der Waals surface area contributed by atoms with Gasteiger partial charge >= 0.3 is 0 Å². The lowest BCUT2D eigenvalue weighted by molar-refractivity contribution is 0.628. The molecule has 0 unspecified atom stereocenters. The van der Waals surface area contributed by atoms with Gasteiger partial charge in [0.2, 0.25) is 0 Å². The van der Waals surface area contributed by atoms with Gasteiger partial charge in [-0.2, -0.15) is 9.50 Å². The smallest absolute Gasteiger partial charge is 0.274 e. The van der Waals surface area contributed by atoms with Crippen LogP contribution >= 0.6 is 0 Å². The number of aromatic amines is 1. The lowest BCUT2D eigenvalue weighted by atomic mass is 10.2. The highest BCUT2D eigenvalue weighted by Crippen LogP contribution is 2.15. The Balaban J connectivity index is 1.84. The van der Waals surface area contributed by atoms with Gasteiger partial charge in [0.15, 0.2) is 5.82 Å². The molecule has 6 nitrogen and oxygen atoms in total. The highest BCUT2D eigenvalue weighted by molar-refractivity contribution is 5.56. The number of nitrogens with one attached hydrogen (secondary N) is 2. The van der Waals surface area contributed by atoms with E-state index in [1.54, 1.807) is 18.2 Å². The molecule has 0 aliphatic rings. The molecule has 0 fully saturated rings. The SMILES string of the molecule is C=C/C(=C\C=C(/C)CC)NCc1cc(=O)n2[nH]c(-c3ccc(F)cc3)nc2n1. The predicted octanol–water partition coefficient (Wildman–Crippen LogP) is 3.74. The van der Waals surface area contributed by atoms with E-state index < -0.39 is 0 Å². The molecule has 0 aliphatic heterocycles. The summed E-state index contributed by atoms with van der Waals surface area (Å²) in [7, 11) is 0. The van der Waals surface area contributed by atoms with Gasteiger partial charge in [0.05, 0.1) is 12.2 Å². The number of allylic oxidation sites excluding steroid dienone is 4. The topological polar surface area (TPSA) is 75.1 Å². The summed E-state index contributed by atoms with van der Waals surface area (Å²) in [5.41, 5.74) is 3.05. The molecular weight excluding hydrogens is 357 g/mol. The molecule has 0 spiro atoms. The third-order valence-electron chi connectivity index (χ3n) is 4.30. The highest BCUT2D eigenvalue weighted by Gasteiger charge is 2.10. The number of hydrogen-bond acceptors (Lipinski definition) is 4. The molecule has 2 N–H and O–H groups in total. The van der Waals surface area contributed by atoms with Crippen LogP contribution in [0.3, 0.4) is 0 Å². The van der Waals surface area contributed by atoms with Gasteiger partial charge in [-0.15, -0.1) is 0 Å². The van der Waals surface area contributed by atoms with Crippen molar-refractivity contribution < 1.29 is 4.39 Å². The standard InChI is InChI=1S/C21H22FN5O/c1-4-14(3)6-11-17(5-2)23-13-18-12-19(28)27-21(24-18)25-20(26-27)15-7-9-16(22)10-8-15/h5-12,23H,2,4,13H2,1,3H3,(H,24,25,26)/b14-6+,17-11+. The molecule has 0 atom stereocenters. The van der Waals surface area contributed by atoms with Crippen LogP contribution in [0.25, 0.3) is 17.2 Å². The Bertz CT molecular complexity index is 1110. The van der Waals surface area contributed by atoms with Crippen molar-refractivity contribution >= 4 is 5.78 Å². The molecule has 3 aromatic rings. The number of halogens is 1. The first-order valence-corrected chi connectivity index (χ1v) is 8.98. The predicted molar refractivity (Wildman–Crippen MR) is 108 cm³/mol. The molecule has 28 heavy (non-hydrogen) atoms. The van der Waals surface area contributed by atoms with Crippen molar-refractivity contribution in [3.05, 3.63) is 88.3 Å². The maximum absolute atomic E-state index is 13.1. The van der Waals surface area contributed by atoms with E-state index in [-0.39, 0.29) is 17.2 Å². The minimum atomic E-state index is -0.335. The van der Waals surface area contributed by atoms with Gasteiger partial charge in [-0.1, -0.05) is 25.2 Å². The molecular formula is C21H22FN5O. The molecule has 1 aromatic carbocycles. The monoisotopic (exact) mass is 379 g/mol. The van der Waals surface area contributed by atoms with Crippen LogP contribution < -0.4 is 10.9 Å². The number of fused-ring (bicyclic) bond motifs is 1. The highest BCUT2D eigenvalue weighted by atomic mass is 19.1. The number of hydrogen-bond donors (Lipinski definition) is 2. The third-order valence-corrected chi connectivity index (χ3v) is 4.30. The zero-order valence-corrected chi connectivity index (χ0v) is 15.9. The summed E-state index contributed by atoms with van der Waals surface area (Å²) in [5.74, 6) is 0.370. The second-order valence-electron chi connectivity index (χ2n) is 6.35. The van der Waals surface area contributed by atoms with Crippen LogP contribution in [0.2, 0.25) is 0 Å². The molecule has 144 valence electrons. The number of H-pyrrole nitrogens is 1. The third kappa shape index (κ3) is 4.43. The van der Waals surface area contributed by atoms with Gasteiger partial charge in [-0.3, -0.25) is 9.89 Å². The Morgan fingerprint density at radius 2 is 2.04 bits per heavy atom. The average Bonchev–Trinajstić information content (AvgIpc) is 3.13. The second kappa shape index (κ2) is 8.47. The van der Waals surface area contributed by atoms with E-state index in [0.29, 0.717) is 23.6 Å². The first kappa shape index (κ1) is 19.3. The summed E-state index contributed by atoms with van der Waals surface area (Å²) in [6.07, 6.45) is 6.66. The summed E-state index contributed by atoms with van der Waals surface area (Å²) in [6.45, 7) is 8.31. The van der Waals surface area contributed by atoms with E-state index in [2.05, 4.69) is 40.8 Å². The van der Waals surface area contributed by atoms with E-state index in [4.69, 9.17) is 0 Å². The van der Waals surface area contributed by atoms with Gasteiger partial charge in [-0.25, -0.2) is 9.37 Å². The fourth-order valence-electron chi connectivity index (χ4n) is 2.50. The first-order chi connectivity index (χ1) is 13.5. The molecule has 0 radical (unpaired) electrons. The van der Waals surface area contributed by atoms with Crippen molar-refractivity contribution in [1.29, 1.82) is 0 Å². The van der Waals surface area contributed by atoms with Crippen LogP contribution in [0.5, 0.6) is 0 Å². The average molecular weight is 379 g/mol. The van der Waals surface area contributed by atoms with Gasteiger partial charge in [0.1, 0.15) is 5.82 Å². The molecule has 2 aromatic heterocycles. The van der Waals surface area contributed by atoms with Gasteiger partial charge in [0.25, 0.3) is 11.3 Å². The van der Waals surface area contributed by atoms with Crippen molar-refractivity contribution in [3.63, 3.8) is 0 Å². The van der Waals surface area contributed by atoms with Crippen molar-refractivity contribution in [3.8, 4) is 11.4 Å². The number of nitrogens with zero attached hydrogens (tertiary/aromatic N) is 3. The number of benzene rings is 1. The van der Waals surface area contributed by atoms with Crippen molar-refractivity contribution in [2.24, 2.45) is 0 Å². The molecule has 0 bridgehead atoms. The summed E-state index contributed by atoms with van der Waals surface area (Å²) in [5, 5.41) is 6.10. The fraction of sp³-hybridized carbons (Fsp3) is 0.190. The Morgan fingerprint density at radius 1 is 1.29 bits per heavy atom. The summed E-state index contributed by atoms with van der Waals surface area (Å²) in [6, 6.07) is 7.30. The van der Waals surface area contributed by atoms with Crippen molar-refractivity contribution in [2.45, 2.75) is 26.8 Å². The summed E-state index contributed by atoms with van der Waals surface area (Å²) < 4.78 is 14.4. The molecule has 7 heteroatoms. The van der Waals surface area contributed by atoms with Crippen molar-refractivity contribution in [2.75, 3.05) is 0 Å². The zero-order chi connectivity index (χ0) is 20.1. The van der Waals surface area contributed by atoms with E-state index >= 15 is 0 Å². The lowest BCUT2D eigenvalue weighted by Gasteiger charge is -2.06. The van der Waals surface area contributed by atoms with E-state index in [9.17, 15) is 9.18 Å². The number of rotatable bonds is 7. The van der Waals surface area contributed by atoms with Gasteiger partial charge in [0, 0.05) is 17.3 Å². The van der Waals surface area contributed by atoms with Gasteiger partial charge < -0.3 is 5.32 Å². The maximum Gasteiger partial charge on any atom is 0.274 e. The Kier molecular flexibility index (Phi) is 5.84. The Hall–Kier alpha value is -3.48. The molecule has 0 amide bonds. The zero-order valence-electron chi connectivity index (χ0n) is 15.9. The van der Waals surface area contributed by atoms with E-state index in [1.165, 1.54) is 28.3 Å². The summed E-state index contributed by atoms with van der Waals surface area (Å²) in [4.78, 5) is 21.2. The van der Waals surface area contributed by atoms with Crippen LogP contribution in [0.4, 0.5) is 4.39 Å². The van der Waals surface area contributed by atoms with Crippen LogP contribution in [0.1, 0.15) is 26.0 Å². The van der Waals surface area contributed by atoms with Gasteiger partial charge in [-0.05, 0) is 49.8 Å².